The van der Waals surface area contributed by atoms with Crippen molar-refractivity contribution in [1.82, 2.24) is 10.3 Å². The quantitative estimate of drug-likeness (QED) is 0.815. The molecule has 0 aliphatic rings. The minimum absolute atomic E-state index is 0.00636. The number of hydrogen-bond acceptors (Lipinski definition) is 4. The molecule has 0 aromatic carbocycles. The Balaban J connectivity index is 2.04. The highest BCUT2D eigenvalue weighted by Crippen LogP contribution is 2.21. The Hall–Kier alpha value is -2.04. The highest BCUT2D eigenvalue weighted by atomic mass is 16.3. The van der Waals surface area contributed by atoms with E-state index in [1.54, 1.807) is 25.6 Å². The van der Waals surface area contributed by atoms with Gasteiger partial charge in [0.05, 0.1) is 11.6 Å². The van der Waals surface area contributed by atoms with Crippen LogP contribution in [-0.4, -0.2) is 24.5 Å². The SMILES string of the molecule is CNC(=O)CCNc1nccc2occc12. The third-order valence-corrected chi connectivity index (χ3v) is 2.30. The van der Waals surface area contributed by atoms with Gasteiger partial charge in [-0.2, -0.15) is 0 Å². The Bertz CT molecular complexity index is 493. The average molecular weight is 219 g/mol. The van der Waals surface area contributed by atoms with E-state index in [1.165, 1.54) is 0 Å². The predicted molar refractivity (Wildman–Crippen MR) is 61.2 cm³/mol. The van der Waals surface area contributed by atoms with Crippen molar-refractivity contribution in [1.29, 1.82) is 0 Å². The second kappa shape index (κ2) is 4.65. The minimum Gasteiger partial charge on any atom is -0.464 e. The lowest BCUT2D eigenvalue weighted by Crippen LogP contribution is -2.21. The number of nitrogens with zero attached hydrogens (tertiary/aromatic N) is 1. The zero-order valence-corrected chi connectivity index (χ0v) is 8.99. The normalized spacial score (nSPS) is 10.3. The summed E-state index contributed by atoms with van der Waals surface area (Å²) in [6, 6.07) is 3.66. The largest absolute Gasteiger partial charge is 0.464 e. The van der Waals surface area contributed by atoms with Crippen molar-refractivity contribution in [3.05, 3.63) is 24.6 Å². The first-order valence-corrected chi connectivity index (χ1v) is 5.08. The zero-order valence-electron chi connectivity index (χ0n) is 8.99. The molecule has 0 spiro atoms. The molecule has 2 heterocycles. The summed E-state index contributed by atoms with van der Waals surface area (Å²) in [7, 11) is 1.62. The van der Waals surface area contributed by atoms with Crippen LogP contribution >= 0.6 is 0 Å². The first-order chi connectivity index (χ1) is 7.81. The molecule has 84 valence electrons. The second-order valence-corrected chi connectivity index (χ2v) is 3.34. The topological polar surface area (TPSA) is 67.2 Å². The zero-order chi connectivity index (χ0) is 11.4. The molecule has 5 heteroatoms. The molecular formula is C11H13N3O2. The molecule has 0 saturated carbocycles. The maximum Gasteiger partial charge on any atom is 0.221 e. The lowest BCUT2D eigenvalue weighted by atomic mass is 10.3. The molecule has 0 saturated heterocycles. The Kier molecular flexibility index (Phi) is 3.05. The average Bonchev–Trinajstić information content (AvgIpc) is 2.77. The Morgan fingerprint density at radius 3 is 3.19 bits per heavy atom. The van der Waals surface area contributed by atoms with Gasteiger partial charge < -0.3 is 15.1 Å². The maximum absolute atomic E-state index is 11.0. The van der Waals surface area contributed by atoms with Gasteiger partial charge in [-0.05, 0) is 12.1 Å². The number of aromatic nitrogens is 1. The van der Waals surface area contributed by atoms with Crippen LogP contribution in [0.25, 0.3) is 11.0 Å². The van der Waals surface area contributed by atoms with Gasteiger partial charge in [0.15, 0.2) is 0 Å². The molecule has 0 unspecified atom stereocenters. The van der Waals surface area contributed by atoms with Crippen molar-refractivity contribution in [2.24, 2.45) is 0 Å². The van der Waals surface area contributed by atoms with Gasteiger partial charge in [-0.3, -0.25) is 4.79 Å². The minimum atomic E-state index is 0.00636. The standard InChI is InChI=1S/C11H13N3O2/c1-12-10(15)3-6-14-11-8-4-7-16-9(8)2-5-13-11/h2,4-5,7H,3,6H2,1H3,(H,12,15)(H,13,14). The van der Waals surface area contributed by atoms with Crippen LogP contribution in [0.4, 0.5) is 5.82 Å². The Morgan fingerprint density at radius 2 is 2.38 bits per heavy atom. The summed E-state index contributed by atoms with van der Waals surface area (Å²) < 4.78 is 5.25. The summed E-state index contributed by atoms with van der Waals surface area (Å²) in [6.07, 6.45) is 3.72. The first kappa shape index (κ1) is 10.5. The molecule has 16 heavy (non-hydrogen) atoms. The molecule has 0 atom stereocenters. The smallest absolute Gasteiger partial charge is 0.221 e. The van der Waals surface area contributed by atoms with Crippen LogP contribution in [0.1, 0.15) is 6.42 Å². The third kappa shape index (κ3) is 2.13. The number of nitrogens with one attached hydrogen (secondary N) is 2. The van der Waals surface area contributed by atoms with Gasteiger partial charge in [0.1, 0.15) is 11.4 Å². The molecule has 2 aromatic heterocycles. The van der Waals surface area contributed by atoms with E-state index in [2.05, 4.69) is 15.6 Å². The summed E-state index contributed by atoms with van der Waals surface area (Å²) in [4.78, 5) is 15.2. The van der Waals surface area contributed by atoms with E-state index < -0.39 is 0 Å². The van der Waals surface area contributed by atoms with Crippen molar-refractivity contribution >= 4 is 22.7 Å². The molecule has 2 aromatic rings. The fraction of sp³-hybridized carbons (Fsp3) is 0.273. The van der Waals surface area contributed by atoms with Crippen molar-refractivity contribution in [2.75, 3.05) is 18.9 Å². The first-order valence-electron chi connectivity index (χ1n) is 5.08. The van der Waals surface area contributed by atoms with Gasteiger partial charge in [0, 0.05) is 26.2 Å². The maximum atomic E-state index is 11.0. The van der Waals surface area contributed by atoms with Crippen LogP contribution in [0.2, 0.25) is 0 Å². The number of pyridine rings is 1. The van der Waals surface area contributed by atoms with E-state index in [0.29, 0.717) is 13.0 Å². The van der Waals surface area contributed by atoms with Crippen LogP contribution in [0, 0.1) is 0 Å². The summed E-state index contributed by atoms with van der Waals surface area (Å²) in [5, 5.41) is 6.60. The molecule has 1 amide bonds. The van der Waals surface area contributed by atoms with Crippen LogP contribution in [-0.2, 0) is 4.79 Å². The number of carbonyl (C=O) groups excluding carboxylic acids is 1. The van der Waals surface area contributed by atoms with Gasteiger partial charge in [0.2, 0.25) is 5.91 Å². The molecule has 2 rings (SSSR count). The van der Waals surface area contributed by atoms with E-state index in [0.717, 1.165) is 16.8 Å². The van der Waals surface area contributed by atoms with E-state index >= 15 is 0 Å². The van der Waals surface area contributed by atoms with Gasteiger partial charge in [0.25, 0.3) is 0 Å². The fourth-order valence-corrected chi connectivity index (χ4v) is 1.46. The molecule has 0 aliphatic heterocycles. The van der Waals surface area contributed by atoms with E-state index in [-0.39, 0.29) is 5.91 Å². The van der Waals surface area contributed by atoms with Gasteiger partial charge in [-0.25, -0.2) is 4.98 Å². The lowest BCUT2D eigenvalue weighted by molar-refractivity contribution is -0.120. The summed E-state index contributed by atoms with van der Waals surface area (Å²) in [6.45, 7) is 0.553. The van der Waals surface area contributed by atoms with E-state index in [4.69, 9.17) is 4.42 Å². The predicted octanol–water partition coefficient (Wildman–Crippen LogP) is 1.38. The molecule has 5 nitrogen and oxygen atoms in total. The number of hydrogen-bond donors (Lipinski definition) is 2. The number of rotatable bonds is 4. The lowest BCUT2D eigenvalue weighted by Gasteiger charge is -2.05. The van der Waals surface area contributed by atoms with Gasteiger partial charge in [-0.15, -0.1) is 0 Å². The number of anilines is 1. The summed E-state index contributed by atoms with van der Waals surface area (Å²) >= 11 is 0. The highest BCUT2D eigenvalue weighted by Gasteiger charge is 2.04. The molecule has 0 bridgehead atoms. The molecule has 0 aliphatic carbocycles. The van der Waals surface area contributed by atoms with E-state index in [1.807, 2.05) is 6.07 Å². The summed E-state index contributed by atoms with van der Waals surface area (Å²) in [5.41, 5.74) is 0.789. The molecule has 0 radical (unpaired) electrons. The number of fused-ring (bicyclic) bond motifs is 1. The monoisotopic (exact) mass is 219 g/mol. The van der Waals surface area contributed by atoms with Crippen molar-refractivity contribution < 1.29 is 9.21 Å². The highest BCUT2D eigenvalue weighted by molar-refractivity contribution is 5.88. The summed E-state index contributed by atoms with van der Waals surface area (Å²) in [5.74, 6) is 0.752. The third-order valence-electron chi connectivity index (χ3n) is 2.30. The number of furan rings is 1. The number of carbonyl (C=O) groups is 1. The van der Waals surface area contributed by atoms with Crippen LogP contribution in [0.3, 0.4) is 0 Å². The van der Waals surface area contributed by atoms with Crippen LogP contribution in [0.15, 0.2) is 29.0 Å². The number of amides is 1. The molecule has 2 N–H and O–H groups in total. The molecule has 0 fully saturated rings. The molecular weight excluding hydrogens is 206 g/mol. The fourth-order valence-electron chi connectivity index (χ4n) is 1.46. The van der Waals surface area contributed by atoms with Crippen molar-refractivity contribution in [2.45, 2.75) is 6.42 Å². The second-order valence-electron chi connectivity index (χ2n) is 3.34. The van der Waals surface area contributed by atoms with Gasteiger partial charge >= 0.3 is 0 Å². The van der Waals surface area contributed by atoms with Gasteiger partial charge in [-0.1, -0.05) is 0 Å². The Labute approximate surface area is 92.8 Å². The van der Waals surface area contributed by atoms with Crippen molar-refractivity contribution in [3.8, 4) is 0 Å². The van der Waals surface area contributed by atoms with Crippen LogP contribution in [0.5, 0.6) is 0 Å². The van der Waals surface area contributed by atoms with Crippen molar-refractivity contribution in [3.63, 3.8) is 0 Å². The van der Waals surface area contributed by atoms with Crippen LogP contribution < -0.4 is 10.6 Å². The Morgan fingerprint density at radius 1 is 1.50 bits per heavy atom. The van der Waals surface area contributed by atoms with E-state index in [9.17, 15) is 4.79 Å².